The number of carbonyl (C=O) groups excluding carboxylic acids is 2. The van der Waals surface area contributed by atoms with E-state index in [0.717, 1.165) is 5.56 Å². The van der Waals surface area contributed by atoms with Crippen molar-refractivity contribution in [3.05, 3.63) is 35.4 Å². The summed E-state index contributed by atoms with van der Waals surface area (Å²) in [6.07, 6.45) is 0. The normalized spacial score (nSPS) is 10.5. The Morgan fingerprint density at radius 1 is 1.15 bits per heavy atom. The molecule has 0 aromatic heterocycles. The minimum atomic E-state index is -0.200. The molecular weight excluding hydrogens is 256 g/mol. The van der Waals surface area contributed by atoms with E-state index < -0.39 is 0 Å². The number of benzene rings is 1. The number of nitrogens with one attached hydrogen (secondary N) is 3. The Balaban J connectivity index is 2.50. The average Bonchev–Trinajstić information content (AvgIpc) is 2.35. The van der Waals surface area contributed by atoms with E-state index >= 15 is 0 Å². The lowest BCUT2D eigenvalue weighted by Crippen LogP contribution is -2.39. The lowest BCUT2D eigenvalue weighted by molar-refractivity contribution is 0.0857. The summed E-state index contributed by atoms with van der Waals surface area (Å²) in [5.74, 6) is -0.160. The molecule has 0 atom stereocenters. The second-order valence-electron chi connectivity index (χ2n) is 5.01. The van der Waals surface area contributed by atoms with Crippen LogP contribution in [0, 0.1) is 0 Å². The van der Waals surface area contributed by atoms with Crippen LogP contribution in [0.2, 0.25) is 0 Å². The Kier molecular flexibility index (Phi) is 5.99. The van der Waals surface area contributed by atoms with Crippen molar-refractivity contribution in [2.45, 2.75) is 26.4 Å². The van der Waals surface area contributed by atoms with Crippen molar-refractivity contribution in [1.29, 1.82) is 0 Å². The van der Waals surface area contributed by atoms with E-state index in [0.29, 0.717) is 12.1 Å². The highest BCUT2D eigenvalue weighted by atomic mass is 16.2. The third kappa shape index (κ3) is 5.71. The van der Waals surface area contributed by atoms with Crippen molar-refractivity contribution in [3.63, 3.8) is 0 Å². The SMILES string of the molecule is CC(C)NC(=O)NCc1ccc(C(=O)NN(C)C)cc1. The van der Waals surface area contributed by atoms with Crippen LogP contribution in [-0.2, 0) is 6.54 Å². The van der Waals surface area contributed by atoms with E-state index in [4.69, 9.17) is 0 Å². The molecule has 0 saturated carbocycles. The molecular formula is C14H22N4O2. The van der Waals surface area contributed by atoms with Gasteiger partial charge >= 0.3 is 6.03 Å². The fourth-order valence-electron chi connectivity index (χ4n) is 1.54. The van der Waals surface area contributed by atoms with E-state index in [1.165, 1.54) is 0 Å². The van der Waals surface area contributed by atoms with Gasteiger partial charge < -0.3 is 10.6 Å². The maximum atomic E-state index is 11.7. The van der Waals surface area contributed by atoms with Crippen molar-refractivity contribution in [1.82, 2.24) is 21.1 Å². The van der Waals surface area contributed by atoms with Crippen LogP contribution in [0.25, 0.3) is 0 Å². The van der Waals surface area contributed by atoms with Crippen molar-refractivity contribution in [3.8, 4) is 0 Å². The van der Waals surface area contributed by atoms with Gasteiger partial charge in [-0.25, -0.2) is 9.80 Å². The Morgan fingerprint density at radius 2 is 1.75 bits per heavy atom. The van der Waals surface area contributed by atoms with Gasteiger partial charge in [-0.15, -0.1) is 0 Å². The van der Waals surface area contributed by atoms with Crippen LogP contribution in [0.15, 0.2) is 24.3 Å². The van der Waals surface area contributed by atoms with E-state index in [9.17, 15) is 9.59 Å². The van der Waals surface area contributed by atoms with Crippen LogP contribution in [0.4, 0.5) is 4.79 Å². The highest BCUT2D eigenvalue weighted by Gasteiger charge is 2.06. The van der Waals surface area contributed by atoms with Gasteiger partial charge in [-0.05, 0) is 31.5 Å². The monoisotopic (exact) mass is 278 g/mol. The summed E-state index contributed by atoms with van der Waals surface area (Å²) in [4.78, 5) is 23.2. The Morgan fingerprint density at radius 3 is 2.25 bits per heavy atom. The highest BCUT2D eigenvalue weighted by Crippen LogP contribution is 2.04. The molecule has 6 heteroatoms. The summed E-state index contributed by atoms with van der Waals surface area (Å²) in [5, 5.41) is 7.09. The Hall–Kier alpha value is -2.08. The number of urea groups is 1. The molecule has 110 valence electrons. The number of rotatable bonds is 5. The highest BCUT2D eigenvalue weighted by molar-refractivity contribution is 5.93. The second kappa shape index (κ2) is 7.49. The van der Waals surface area contributed by atoms with E-state index in [2.05, 4.69) is 16.1 Å². The van der Waals surface area contributed by atoms with Gasteiger partial charge in [0.15, 0.2) is 0 Å². The van der Waals surface area contributed by atoms with Gasteiger partial charge in [0.1, 0.15) is 0 Å². The van der Waals surface area contributed by atoms with Crippen LogP contribution in [-0.4, -0.2) is 37.1 Å². The molecule has 0 spiro atoms. The molecule has 3 N–H and O–H groups in total. The maximum absolute atomic E-state index is 11.7. The zero-order chi connectivity index (χ0) is 15.1. The van der Waals surface area contributed by atoms with E-state index in [-0.39, 0.29) is 18.0 Å². The number of nitrogens with zero attached hydrogens (tertiary/aromatic N) is 1. The van der Waals surface area contributed by atoms with Crippen LogP contribution in [0.5, 0.6) is 0 Å². The summed E-state index contributed by atoms with van der Waals surface area (Å²) in [5.41, 5.74) is 4.18. The van der Waals surface area contributed by atoms with Gasteiger partial charge in [-0.1, -0.05) is 12.1 Å². The van der Waals surface area contributed by atoms with Crippen molar-refractivity contribution < 1.29 is 9.59 Å². The molecule has 0 aliphatic rings. The summed E-state index contributed by atoms with van der Waals surface area (Å²) in [6, 6.07) is 7.01. The molecule has 1 aromatic rings. The summed E-state index contributed by atoms with van der Waals surface area (Å²) < 4.78 is 0. The summed E-state index contributed by atoms with van der Waals surface area (Å²) in [6.45, 7) is 4.23. The smallest absolute Gasteiger partial charge is 0.315 e. The van der Waals surface area contributed by atoms with Crippen LogP contribution < -0.4 is 16.1 Å². The molecule has 0 aliphatic heterocycles. The fourth-order valence-corrected chi connectivity index (χ4v) is 1.54. The van der Waals surface area contributed by atoms with Gasteiger partial charge in [0.2, 0.25) is 0 Å². The minimum Gasteiger partial charge on any atom is -0.336 e. The van der Waals surface area contributed by atoms with Gasteiger partial charge in [-0.2, -0.15) is 0 Å². The predicted octanol–water partition coefficient (Wildman–Crippen LogP) is 1.10. The number of hydrogen-bond acceptors (Lipinski definition) is 3. The third-order valence-corrected chi connectivity index (χ3v) is 2.41. The molecule has 0 saturated heterocycles. The number of amides is 3. The van der Waals surface area contributed by atoms with Gasteiger partial charge in [0.05, 0.1) is 0 Å². The molecule has 1 aromatic carbocycles. The second-order valence-corrected chi connectivity index (χ2v) is 5.01. The van der Waals surface area contributed by atoms with E-state index in [1.807, 2.05) is 26.0 Å². The first-order valence-corrected chi connectivity index (χ1v) is 6.50. The molecule has 0 bridgehead atoms. The molecule has 0 fully saturated rings. The predicted molar refractivity (Wildman–Crippen MR) is 78.1 cm³/mol. The zero-order valence-corrected chi connectivity index (χ0v) is 12.4. The van der Waals surface area contributed by atoms with Crippen molar-refractivity contribution >= 4 is 11.9 Å². The molecule has 0 heterocycles. The van der Waals surface area contributed by atoms with Crippen molar-refractivity contribution in [2.24, 2.45) is 0 Å². The van der Waals surface area contributed by atoms with Crippen LogP contribution in [0.1, 0.15) is 29.8 Å². The third-order valence-electron chi connectivity index (χ3n) is 2.41. The van der Waals surface area contributed by atoms with Crippen LogP contribution >= 0.6 is 0 Å². The quantitative estimate of drug-likeness (QED) is 0.706. The minimum absolute atomic E-state index is 0.104. The number of hydrogen-bond donors (Lipinski definition) is 3. The number of carbonyl (C=O) groups is 2. The Labute approximate surface area is 119 Å². The first-order valence-electron chi connectivity index (χ1n) is 6.50. The summed E-state index contributed by atoms with van der Waals surface area (Å²) in [7, 11) is 3.51. The van der Waals surface area contributed by atoms with Gasteiger partial charge in [0.25, 0.3) is 5.91 Å². The maximum Gasteiger partial charge on any atom is 0.315 e. The zero-order valence-electron chi connectivity index (χ0n) is 12.4. The first kappa shape index (κ1) is 16.0. The molecule has 0 radical (unpaired) electrons. The molecule has 20 heavy (non-hydrogen) atoms. The van der Waals surface area contributed by atoms with Crippen LogP contribution in [0.3, 0.4) is 0 Å². The molecule has 1 rings (SSSR count). The van der Waals surface area contributed by atoms with E-state index in [1.54, 1.807) is 31.2 Å². The lowest BCUT2D eigenvalue weighted by Gasteiger charge is -2.12. The lowest BCUT2D eigenvalue weighted by atomic mass is 10.1. The van der Waals surface area contributed by atoms with Gasteiger partial charge in [0, 0.05) is 32.2 Å². The average molecular weight is 278 g/mol. The molecule has 0 aliphatic carbocycles. The molecule has 6 nitrogen and oxygen atoms in total. The first-order chi connectivity index (χ1) is 9.38. The largest absolute Gasteiger partial charge is 0.336 e. The van der Waals surface area contributed by atoms with Crippen molar-refractivity contribution in [2.75, 3.05) is 14.1 Å². The van der Waals surface area contributed by atoms with Gasteiger partial charge in [-0.3, -0.25) is 10.2 Å². The molecule has 3 amide bonds. The molecule has 0 unspecified atom stereocenters. The number of hydrazine groups is 1. The standard InChI is InChI=1S/C14H22N4O2/c1-10(2)16-14(20)15-9-11-5-7-12(8-6-11)13(19)17-18(3)4/h5-8,10H,9H2,1-4H3,(H,17,19)(H2,15,16,20). The summed E-state index contributed by atoms with van der Waals surface area (Å²) >= 11 is 0. The Bertz CT molecular complexity index is 455. The fraction of sp³-hybridized carbons (Fsp3) is 0.429. The topological polar surface area (TPSA) is 73.5 Å².